The number of pyridine rings is 1. The smallest absolute Gasteiger partial charge is 0.228 e. The highest BCUT2D eigenvalue weighted by molar-refractivity contribution is 5.94. The van der Waals surface area contributed by atoms with E-state index in [1.54, 1.807) is 12.4 Å². The molecule has 5 rings (SSSR count). The molecule has 0 spiro atoms. The summed E-state index contributed by atoms with van der Waals surface area (Å²) in [6.07, 6.45) is 5.37. The average molecular weight is 369 g/mol. The van der Waals surface area contributed by atoms with Crippen molar-refractivity contribution < 1.29 is 4.79 Å². The number of amides is 1. The quantitative estimate of drug-likeness (QED) is 0.587. The van der Waals surface area contributed by atoms with E-state index in [0.29, 0.717) is 5.82 Å². The molecule has 1 aliphatic rings. The molecule has 138 valence electrons. The number of anilines is 1. The molecule has 0 unspecified atom stereocenters. The van der Waals surface area contributed by atoms with Gasteiger partial charge in [-0.1, -0.05) is 23.8 Å². The first-order chi connectivity index (χ1) is 13.7. The third-order valence-electron chi connectivity index (χ3n) is 4.92. The highest BCUT2D eigenvalue weighted by atomic mass is 16.2. The van der Waals surface area contributed by atoms with Crippen molar-refractivity contribution >= 4 is 17.4 Å². The summed E-state index contributed by atoms with van der Waals surface area (Å²) in [5.41, 5.74) is 5.61. The van der Waals surface area contributed by atoms with Crippen LogP contribution in [0.25, 0.3) is 28.2 Å². The average Bonchev–Trinajstić information content (AvgIpc) is 3.48. The van der Waals surface area contributed by atoms with Crippen molar-refractivity contribution in [1.82, 2.24) is 19.6 Å². The van der Waals surface area contributed by atoms with E-state index in [-0.39, 0.29) is 11.8 Å². The first kappa shape index (κ1) is 16.6. The number of nitrogens with one attached hydrogen (secondary N) is 1. The summed E-state index contributed by atoms with van der Waals surface area (Å²) in [7, 11) is 0. The number of nitrogens with zero attached hydrogens (tertiary/aromatic N) is 4. The molecule has 6 nitrogen and oxygen atoms in total. The van der Waals surface area contributed by atoms with Crippen LogP contribution in [0.5, 0.6) is 0 Å². The van der Waals surface area contributed by atoms with Gasteiger partial charge < -0.3 is 5.32 Å². The lowest BCUT2D eigenvalue weighted by Crippen LogP contribution is -2.14. The van der Waals surface area contributed by atoms with Gasteiger partial charge in [0.25, 0.3) is 0 Å². The molecular weight excluding hydrogens is 350 g/mol. The lowest BCUT2D eigenvalue weighted by molar-refractivity contribution is -0.117. The van der Waals surface area contributed by atoms with Gasteiger partial charge in [0, 0.05) is 29.4 Å². The number of rotatable bonds is 4. The monoisotopic (exact) mass is 369 g/mol. The van der Waals surface area contributed by atoms with Crippen molar-refractivity contribution in [3.8, 4) is 22.5 Å². The minimum absolute atomic E-state index is 0.0415. The molecule has 3 aromatic heterocycles. The van der Waals surface area contributed by atoms with Crippen molar-refractivity contribution in [2.24, 2.45) is 5.92 Å². The highest BCUT2D eigenvalue weighted by Crippen LogP contribution is 2.34. The number of benzene rings is 1. The van der Waals surface area contributed by atoms with Crippen LogP contribution in [0, 0.1) is 12.8 Å². The predicted octanol–water partition coefficient (Wildman–Crippen LogP) is 4.12. The maximum atomic E-state index is 12.1. The van der Waals surface area contributed by atoms with Gasteiger partial charge in [-0.3, -0.25) is 4.79 Å². The highest BCUT2D eigenvalue weighted by Gasteiger charge is 2.30. The third-order valence-corrected chi connectivity index (χ3v) is 4.92. The maximum Gasteiger partial charge on any atom is 0.228 e. The van der Waals surface area contributed by atoms with E-state index in [0.717, 1.165) is 41.0 Å². The summed E-state index contributed by atoms with van der Waals surface area (Å²) >= 11 is 0. The zero-order valence-corrected chi connectivity index (χ0v) is 15.5. The van der Waals surface area contributed by atoms with Crippen molar-refractivity contribution in [2.75, 3.05) is 5.32 Å². The molecule has 0 radical (unpaired) electrons. The van der Waals surface area contributed by atoms with Crippen LogP contribution in [0.4, 0.5) is 5.82 Å². The number of aryl methyl sites for hydroxylation is 1. The fourth-order valence-corrected chi connectivity index (χ4v) is 3.36. The minimum atomic E-state index is 0.0415. The number of imidazole rings is 1. The molecule has 0 saturated heterocycles. The number of hydrogen-bond acceptors (Lipinski definition) is 4. The Balaban J connectivity index is 1.65. The van der Waals surface area contributed by atoms with E-state index in [1.165, 1.54) is 5.56 Å². The van der Waals surface area contributed by atoms with Crippen LogP contribution in [0.15, 0.2) is 60.9 Å². The molecule has 1 amide bonds. The number of carbonyl (C=O) groups excluding carboxylic acids is 1. The second kappa shape index (κ2) is 6.56. The largest absolute Gasteiger partial charge is 0.310 e. The Bertz CT molecular complexity index is 1190. The number of fused-ring (bicyclic) bond motifs is 1. The van der Waals surface area contributed by atoms with E-state index in [2.05, 4.69) is 40.5 Å². The molecule has 1 fully saturated rings. The summed E-state index contributed by atoms with van der Waals surface area (Å²) in [4.78, 5) is 21.3. The van der Waals surface area contributed by atoms with Crippen molar-refractivity contribution in [2.45, 2.75) is 19.8 Å². The fourth-order valence-electron chi connectivity index (χ4n) is 3.36. The molecule has 1 aliphatic carbocycles. The lowest BCUT2D eigenvalue weighted by atomic mass is 10.0. The number of carbonyl (C=O) groups is 1. The summed E-state index contributed by atoms with van der Waals surface area (Å²) < 4.78 is 1.83. The van der Waals surface area contributed by atoms with E-state index >= 15 is 0 Å². The van der Waals surface area contributed by atoms with Crippen LogP contribution in [-0.2, 0) is 4.79 Å². The summed E-state index contributed by atoms with van der Waals surface area (Å²) in [5, 5.41) is 7.42. The maximum absolute atomic E-state index is 12.1. The SMILES string of the molecule is Cc1cccc(-c2nc3cccnn3c2-c2ccnc(NC(=O)C3CC3)c2)c1. The Hall–Kier alpha value is -3.54. The van der Waals surface area contributed by atoms with E-state index < -0.39 is 0 Å². The number of hydrogen-bond donors (Lipinski definition) is 1. The fraction of sp³-hybridized carbons (Fsp3) is 0.182. The van der Waals surface area contributed by atoms with Crippen LogP contribution in [0.3, 0.4) is 0 Å². The molecule has 0 atom stereocenters. The van der Waals surface area contributed by atoms with Gasteiger partial charge in [-0.25, -0.2) is 14.5 Å². The number of aromatic nitrogens is 4. The van der Waals surface area contributed by atoms with Gasteiger partial charge in [0.1, 0.15) is 11.5 Å². The molecule has 0 aliphatic heterocycles. The normalized spacial score (nSPS) is 13.6. The Morgan fingerprint density at radius 2 is 1.96 bits per heavy atom. The van der Waals surface area contributed by atoms with Crippen LogP contribution < -0.4 is 5.32 Å². The van der Waals surface area contributed by atoms with Crippen LogP contribution >= 0.6 is 0 Å². The van der Waals surface area contributed by atoms with Gasteiger partial charge in [0.05, 0.1) is 5.69 Å². The van der Waals surface area contributed by atoms with Gasteiger partial charge in [-0.2, -0.15) is 5.10 Å². The van der Waals surface area contributed by atoms with Gasteiger partial charge in [0.15, 0.2) is 5.65 Å². The zero-order chi connectivity index (χ0) is 19.1. The van der Waals surface area contributed by atoms with Crippen molar-refractivity contribution in [3.05, 3.63) is 66.5 Å². The molecular formula is C22H19N5O. The molecule has 6 heteroatoms. The van der Waals surface area contributed by atoms with Crippen molar-refractivity contribution in [1.29, 1.82) is 0 Å². The molecule has 1 saturated carbocycles. The van der Waals surface area contributed by atoms with E-state index in [1.807, 2.05) is 34.8 Å². The third kappa shape index (κ3) is 3.03. The Morgan fingerprint density at radius 3 is 2.79 bits per heavy atom. The first-order valence-corrected chi connectivity index (χ1v) is 9.37. The van der Waals surface area contributed by atoms with Crippen LogP contribution in [0.1, 0.15) is 18.4 Å². The Kier molecular flexibility index (Phi) is 3.90. The van der Waals surface area contributed by atoms with Gasteiger partial charge in [-0.15, -0.1) is 0 Å². The van der Waals surface area contributed by atoms with Gasteiger partial charge >= 0.3 is 0 Å². The summed E-state index contributed by atoms with van der Waals surface area (Å²) in [6, 6.07) is 15.9. The topological polar surface area (TPSA) is 72.2 Å². The second-order valence-electron chi connectivity index (χ2n) is 7.17. The Labute approximate surface area is 162 Å². The van der Waals surface area contributed by atoms with Crippen LogP contribution in [-0.4, -0.2) is 25.5 Å². The molecule has 3 heterocycles. The standard InChI is InChI=1S/C22H19N5O/c1-14-4-2-5-16(12-14)20-21(27-19(26-20)6-3-10-24-27)17-9-11-23-18(13-17)25-22(28)15-7-8-15/h2-6,9-13,15H,7-8H2,1H3,(H,23,25,28). The van der Waals surface area contributed by atoms with Gasteiger partial charge in [0.2, 0.25) is 5.91 Å². The molecule has 1 aromatic carbocycles. The zero-order valence-electron chi connectivity index (χ0n) is 15.5. The molecule has 4 aromatic rings. The lowest BCUT2D eigenvalue weighted by Gasteiger charge is -2.08. The summed E-state index contributed by atoms with van der Waals surface area (Å²) in [5.74, 6) is 0.723. The van der Waals surface area contributed by atoms with Crippen LogP contribution in [0.2, 0.25) is 0 Å². The van der Waals surface area contributed by atoms with Gasteiger partial charge in [-0.05, 0) is 50.1 Å². The Morgan fingerprint density at radius 1 is 1.07 bits per heavy atom. The predicted molar refractivity (Wildman–Crippen MR) is 108 cm³/mol. The first-order valence-electron chi connectivity index (χ1n) is 9.37. The minimum Gasteiger partial charge on any atom is -0.310 e. The molecule has 0 bridgehead atoms. The molecule has 28 heavy (non-hydrogen) atoms. The van der Waals surface area contributed by atoms with Crippen molar-refractivity contribution in [3.63, 3.8) is 0 Å². The second-order valence-corrected chi connectivity index (χ2v) is 7.17. The van der Waals surface area contributed by atoms with E-state index in [9.17, 15) is 4.79 Å². The van der Waals surface area contributed by atoms with E-state index in [4.69, 9.17) is 4.98 Å². The summed E-state index contributed by atoms with van der Waals surface area (Å²) in [6.45, 7) is 2.06. The molecule has 1 N–H and O–H groups in total.